The van der Waals surface area contributed by atoms with E-state index in [0.29, 0.717) is 6.42 Å². The van der Waals surface area contributed by atoms with E-state index < -0.39 is 0 Å². The smallest absolute Gasteiger partial charge is 0.337 e. The van der Waals surface area contributed by atoms with Crippen molar-refractivity contribution in [2.24, 2.45) is 0 Å². The van der Waals surface area contributed by atoms with Gasteiger partial charge in [-0.25, -0.2) is 0 Å². The molecule has 0 bridgehead atoms. The number of carbonyl (C=O) groups excluding carboxylic acids is 1. The van der Waals surface area contributed by atoms with Crippen LogP contribution in [0.25, 0.3) is 0 Å². The first-order chi connectivity index (χ1) is 3.33. The number of rotatable bonds is 1. The SMILES string of the molecule is C[CH-]C.[CH2-]CC=O.[Mg+2]. The third kappa shape index (κ3) is 92.2. The Bertz CT molecular complexity index is 29.7. The van der Waals surface area contributed by atoms with Crippen molar-refractivity contribution in [1.29, 1.82) is 0 Å². The molecule has 0 aliphatic carbocycles. The van der Waals surface area contributed by atoms with E-state index in [1.54, 1.807) is 0 Å². The molecule has 0 aromatic rings. The van der Waals surface area contributed by atoms with Crippen LogP contribution in [0.3, 0.4) is 0 Å². The van der Waals surface area contributed by atoms with Crippen LogP contribution in [0.1, 0.15) is 20.3 Å². The fourth-order valence-corrected chi connectivity index (χ4v) is 0. The van der Waals surface area contributed by atoms with Gasteiger partial charge in [-0.2, -0.15) is 13.8 Å². The van der Waals surface area contributed by atoms with Crippen molar-refractivity contribution < 1.29 is 4.79 Å². The maximum absolute atomic E-state index is 9.11. The molecule has 0 aliphatic rings. The average molecular weight is 124 g/mol. The number of hydrogen-bond donors (Lipinski definition) is 0. The van der Waals surface area contributed by atoms with Gasteiger partial charge in [0.05, 0.1) is 6.29 Å². The molecule has 0 unspecified atom stereocenters. The molecule has 1 nitrogen and oxygen atoms in total. The number of carbonyl (C=O) groups is 1. The molecule has 0 amide bonds. The Morgan fingerprint density at radius 3 is 1.75 bits per heavy atom. The second-order valence-electron chi connectivity index (χ2n) is 1.03. The van der Waals surface area contributed by atoms with Crippen LogP contribution in [0.4, 0.5) is 0 Å². The summed E-state index contributed by atoms with van der Waals surface area (Å²) in [5.74, 6) is 0. The van der Waals surface area contributed by atoms with Gasteiger partial charge in [0.2, 0.25) is 0 Å². The van der Waals surface area contributed by atoms with Gasteiger partial charge in [0, 0.05) is 0 Å². The zero-order valence-electron chi connectivity index (χ0n) is 5.68. The molecule has 0 aromatic heterocycles. The molecule has 2 heteroatoms. The third-order valence-corrected chi connectivity index (χ3v) is 0.118. The summed E-state index contributed by atoms with van der Waals surface area (Å²) in [5, 5.41) is 0. The van der Waals surface area contributed by atoms with Crippen molar-refractivity contribution in [3.05, 3.63) is 13.3 Å². The van der Waals surface area contributed by atoms with Crippen molar-refractivity contribution >= 4 is 29.3 Å². The number of hydrogen-bond acceptors (Lipinski definition) is 1. The molecule has 0 aromatic carbocycles. The summed E-state index contributed by atoms with van der Waals surface area (Å²) in [7, 11) is 0. The van der Waals surface area contributed by atoms with Gasteiger partial charge in [0.15, 0.2) is 0 Å². The van der Waals surface area contributed by atoms with E-state index >= 15 is 0 Å². The Hall–Kier alpha value is 0.436. The minimum Gasteiger partial charge on any atom is -0.337 e. The fourth-order valence-electron chi connectivity index (χ4n) is 0. The average Bonchev–Trinajstić information content (AvgIpc) is 1.69. The summed E-state index contributed by atoms with van der Waals surface area (Å²) in [6, 6.07) is 0. The zero-order chi connectivity index (χ0) is 6.12. The molecule has 0 N–H and O–H groups in total. The normalized spacial score (nSPS) is 5.38. The van der Waals surface area contributed by atoms with Crippen LogP contribution in [0.5, 0.6) is 0 Å². The summed E-state index contributed by atoms with van der Waals surface area (Å²) in [4.78, 5) is 9.11. The molecular formula is C6H12MgO. The molecule has 44 valence electrons. The Kier molecular flexibility index (Phi) is 51.5. The summed E-state index contributed by atoms with van der Waals surface area (Å²) < 4.78 is 0. The Morgan fingerprint density at radius 2 is 1.75 bits per heavy atom. The van der Waals surface area contributed by atoms with E-state index in [1.807, 2.05) is 20.3 Å². The van der Waals surface area contributed by atoms with Crippen molar-refractivity contribution in [2.45, 2.75) is 20.3 Å². The Labute approximate surface area is 68.0 Å². The van der Waals surface area contributed by atoms with Gasteiger partial charge < -0.3 is 18.1 Å². The van der Waals surface area contributed by atoms with Crippen LogP contribution in [-0.4, -0.2) is 29.3 Å². The Morgan fingerprint density at radius 1 is 1.62 bits per heavy atom. The first kappa shape index (κ1) is 15.8. The van der Waals surface area contributed by atoms with E-state index in [4.69, 9.17) is 4.79 Å². The van der Waals surface area contributed by atoms with E-state index in [-0.39, 0.29) is 23.1 Å². The third-order valence-electron chi connectivity index (χ3n) is 0.118. The molecule has 8 heavy (non-hydrogen) atoms. The first-order valence-corrected chi connectivity index (χ1v) is 2.30. The van der Waals surface area contributed by atoms with Crippen molar-refractivity contribution in [3.8, 4) is 0 Å². The topological polar surface area (TPSA) is 17.1 Å². The Balaban J connectivity index is -0.0000000575. The van der Waals surface area contributed by atoms with E-state index in [1.165, 1.54) is 0 Å². The van der Waals surface area contributed by atoms with Gasteiger partial charge in [-0.15, -0.1) is 6.42 Å². The molecule has 0 atom stereocenters. The van der Waals surface area contributed by atoms with Gasteiger partial charge in [-0.1, -0.05) is 0 Å². The van der Waals surface area contributed by atoms with Gasteiger partial charge in [0.1, 0.15) is 0 Å². The van der Waals surface area contributed by atoms with Gasteiger partial charge in [-0.05, 0) is 0 Å². The number of aldehydes is 1. The van der Waals surface area contributed by atoms with Crippen LogP contribution in [0, 0.1) is 13.3 Å². The van der Waals surface area contributed by atoms with Crippen molar-refractivity contribution in [2.75, 3.05) is 0 Å². The maximum atomic E-state index is 9.11. The minimum absolute atomic E-state index is 0. The predicted molar refractivity (Wildman–Crippen MR) is 37.4 cm³/mol. The molecule has 0 spiro atoms. The standard InChI is InChI=1S/C3H5O.C3H7.Mg/c1-2-3-4;1-3-2;/h3H,1-2H2;3H,1-2H3;/q2*-1;+2. The van der Waals surface area contributed by atoms with Crippen LogP contribution in [0.15, 0.2) is 0 Å². The van der Waals surface area contributed by atoms with E-state index in [0.717, 1.165) is 6.29 Å². The van der Waals surface area contributed by atoms with Crippen LogP contribution in [-0.2, 0) is 4.79 Å². The van der Waals surface area contributed by atoms with Crippen molar-refractivity contribution in [1.82, 2.24) is 0 Å². The summed E-state index contributed by atoms with van der Waals surface area (Å²) in [6.07, 6.45) is 3.15. The largest absolute Gasteiger partial charge is 2.00 e. The molecule has 0 heterocycles. The minimum atomic E-state index is 0. The van der Waals surface area contributed by atoms with E-state index in [9.17, 15) is 0 Å². The van der Waals surface area contributed by atoms with Crippen LogP contribution < -0.4 is 0 Å². The van der Waals surface area contributed by atoms with Crippen LogP contribution in [0.2, 0.25) is 0 Å². The van der Waals surface area contributed by atoms with E-state index in [2.05, 4.69) is 6.92 Å². The quantitative estimate of drug-likeness (QED) is 0.292. The second kappa shape index (κ2) is 26.1. The van der Waals surface area contributed by atoms with Crippen LogP contribution >= 0.6 is 0 Å². The zero-order valence-corrected chi connectivity index (χ0v) is 7.10. The molecule has 0 radical (unpaired) electrons. The fraction of sp³-hybridized carbons (Fsp3) is 0.500. The summed E-state index contributed by atoms with van der Waals surface area (Å²) >= 11 is 0. The molecule has 0 fully saturated rings. The maximum Gasteiger partial charge on any atom is 2.00 e. The van der Waals surface area contributed by atoms with Gasteiger partial charge >= 0.3 is 23.1 Å². The predicted octanol–water partition coefficient (Wildman–Crippen LogP) is 1.26. The summed E-state index contributed by atoms with van der Waals surface area (Å²) in [6.45, 7) is 7.24. The molecule has 0 saturated heterocycles. The molecule has 0 aliphatic heterocycles. The monoisotopic (exact) mass is 124 g/mol. The van der Waals surface area contributed by atoms with Gasteiger partial charge in [0.25, 0.3) is 0 Å². The molecule has 0 saturated carbocycles. The van der Waals surface area contributed by atoms with Crippen molar-refractivity contribution in [3.63, 3.8) is 0 Å². The molecule has 0 rings (SSSR count). The summed E-state index contributed by atoms with van der Waals surface area (Å²) in [5.41, 5.74) is 0. The second-order valence-corrected chi connectivity index (χ2v) is 1.03. The first-order valence-electron chi connectivity index (χ1n) is 2.30. The van der Waals surface area contributed by atoms with Gasteiger partial charge in [-0.3, -0.25) is 0 Å². The molecular weight excluding hydrogens is 112 g/mol.